The highest BCUT2D eigenvalue weighted by Crippen LogP contribution is 2.41. The number of pyridine rings is 1. The molecule has 2 aromatic carbocycles. The molecule has 170 valence electrons. The van der Waals surface area contributed by atoms with Crippen LogP contribution in [0, 0.1) is 17.0 Å². The van der Waals surface area contributed by atoms with E-state index in [0.29, 0.717) is 5.11 Å². The topological polar surface area (TPSA) is 87.1 Å². The Morgan fingerprint density at radius 3 is 2.29 bits per heavy atom. The third kappa shape index (κ3) is 4.40. The molecule has 4 aromatic rings. The Hall–Kier alpha value is -3.69. The van der Waals surface area contributed by atoms with Crippen molar-refractivity contribution in [1.29, 1.82) is 0 Å². The van der Waals surface area contributed by atoms with E-state index >= 15 is 0 Å². The van der Waals surface area contributed by atoms with Gasteiger partial charge in [0.25, 0.3) is 5.69 Å². The van der Waals surface area contributed by atoms with Crippen molar-refractivity contribution in [1.82, 2.24) is 15.3 Å². The Bertz CT molecular complexity index is 1320. The second-order valence-corrected chi connectivity index (χ2v) is 9.47. The molecule has 5 rings (SSSR count). The summed E-state index contributed by atoms with van der Waals surface area (Å²) in [5, 5.41) is 15.0. The molecule has 2 aromatic heterocycles. The van der Waals surface area contributed by atoms with Gasteiger partial charge in [-0.15, -0.1) is 0 Å². The lowest BCUT2D eigenvalue weighted by atomic mass is 10.0. The van der Waals surface area contributed by atoms with Crippen LogP contribution in [-0.2, 0) is 0 Å². The molecule has 34 heavy (non-hydrogen) atoms. The van der Waals surface area contributed by atoms with Crippen LogP contribution in [0.3, 0.4) is 0 Å². The molecule has 2 atom stereocenters. The lowest BCUT2D eigenvalue weighted by Gasteiger charge is -2.27. The predicted molar refractivity (Wildman–Crippen MR) is 137 cm³/mol. The maximum absolute atomic E-state index is 10.9. The van der Waals surface area contributed by atoms with Gasteiger partial charge in [0, 0.05) is 45.2 Å². The zero-order valence-electron chi connectivity index (χ0n) is 18.2. The minimum absolute atomic E-state index is 0.0794. The van der Waals surface area contributed by atoms with Crippen LogP contribution in [0.2, 0.25) is 0 Å². The normalized spacial score (nSPS) is 17.6. The first-order valence-corrected chi connectivity index (χ1v) is 11.9. The van der Waals surface area contributed by atoms with Gasteiger partial charge in [0.05, 0.1) is 16.7 Å². The van der Waals surface area contributed by atoms with E-state index in [9.17, 15) is 10.1 Å². The first-order valence-electron chi connectivity index (χ1n) is 10.7. The van der Waals surface area contributed by atoms with Gasteiger partial charge >= 0.3 is 0 Å². The Morgan fingerprint density at radius 2 is 1.71 bits per heavy atom. The quantitative estimate of drug-likeness (QED) is 0.197. The maximum atomic E-state index is 10.9. The molecule has 2 N–H and O–H groups in total. The number of nitrogens with zero attached hydrogens (tertiary/aromatic N) is 3. The SMILES string of the molecule is Cc1ccc([C@H]2[C@H](c3ccccn3)NC(=S)N2c2ccc(Sc3ccc([N+](=O)[O-])cc3)cc2)[nH]1. The number of nitrogens with one attached hydrogen (secondary N) is 2. The van der Waals surface area contributed by atoms with Crippen LogP contribution in [0.1, 0.15) is 29.2 Å². The molecule has 1 fully saturated rings. The van der Waals surface area contributed by atoms with Crippen molar-refractivity contribution in [2.24, 2.45) is 0 Å². The van der Waals surface area contributed by atoms with Crippen LogP contribution in [0.15, 0.2) is 94.9 Å². The van der Waals surface area contributed by atoms with E-state index in [4.69, 9.17) is 12.2 Å². The molecule has 0 saturated carbocycles. The Morgan fingerprint density at radius 1 is 1.00 bits per heavy atom. The van der Waals surface area contributed by atoms with Gasteiger partial charge in [-0.1, -0.05) is 17.8 Å². The Labute approximate surface area is 206 Å². The highest BCUT2D eigenvalue weighted by Gasteiger charge is 2.41. The highest BCUT2D eigenvalue weighted by atomic mass is 32.2. The summed E-state index contributed by atoms with van der Waals surface area (Å²) in [4.78, 5) is 22.6. The van der Waals surface area contributed by atoms with Crippen LogP contribution in [0.4, 0.5) is 11.4 Å². The van der Waals surface area contributed by atoms with E-state index in [-0.39, 0.29) is 17.8 Å². The van der Waals surface area contributed by atoms with Crippen molar-refractivity contribution in [2.45, 2.75) is 28.8 Å². The van der Waals surface area contributed by atoms with E-state index in [1.54, 1.807) is 30.1 Å². The summed E-state index contributed by atoms with van der Waals surface area (Å²) in [6, 6.07) is 24.6. The van der Waals surface area contributed by atoms with Gasteiger partial charge in [-0.05, 0) is 79.8 Å². The van der Waals surface area contributed by atoms with Crippen molar-refractivity contribution in [3.8, 4) is 0 Å². The predicted octanol–water partition coefficient (Wildman–Crippen LogP) is 5.95. The minimum atomic E-state index is -0.392. The van der Waals surface area contributed by atoms with Crippen molar-refractivity contribution >= 4 is 40.5 Å². The molecule has 1 aliphatic rings. The summed E-state index contributed by atoms with van der Waals surface area (Å²) in [5.41, 5.74) is 4.13. The first kappa shape index (κ1) is 22.1. The fourth-order valence-electron chi connectivity index (χ4n) is 4.09. The summed E-state index contributed by atoms with van der Waals surface area (Å²) in [6.07, 6.45) is 1.80. The standard InChI is InChI=1S/C25H21N5O2S2/c1-16-5-14-22(27-16)24-23(21-4-2-3-15-26-21)28-25(33)29(24)17-6-10-19(11-7-17)34-20-12-8-18(9-13-20)30(31)32/h2-15,23-24,27H,1H3,(H,28,33)/t23-,24-/m0/s1. The van der Waals surface area contributed by atoms with E-state index in [1.807, 2.05) is 49.4 Å². The molecule has 0 radical (unpaired) electrons. The third-order valence-electron chi connectivity index (χ3n) is 5.67. The van der Waals surface area contributed by atoms with Gasteiger partial charge in [-0.2, -0.15) is 0 Å². The Balaban J connectivity index is 1.43. The van der Waals surface area contributed by atoms with Gasteiger partial charge < -0.3 is 15.2 Å². The lowest BCUT2D eigenvalue weighted by molar-refractivity contribution is -0.384. The van der Waals surface area contributed by atoms with E-state index < -0.39 is 4.92 Å². The Kier molecular flexibility index (Phi) is 6.04. The summed E-state index contributed by atoms with van der Waals surface area (Å²) < 4.78 is 0. The number of thiocarbonyl (C=S) groups is 1. The fourth-order valence-corrected chi connectivity index (χ4v) is 5.26. The number of rotatable bonds is 6. The number of anilines is 1. The third-order valence-corrected chi connectivity index (χ3v) is 7.00. The molecule has 0 aliphatic carbocycles. The number of benzene rings is 2. The first-order chi connectivity index (χ1) is 16.5. The van der Waals surface area contributed by atoms with Gasteiger partial charge in [0.2, 0.25) is 0 Å². The zero-order valence-corrected chi connectivity index (χ0v) is 19.8. The van der Waals surface area contributed by atoms with Crippen LogP contribution >= 0.6 is 24.0 Å². The number of aromatic amines is 1. The number of hydrogen-bond donors (Lipinski definition) is 2. The smallest absolute Gasteiger partial charge is 0.269 e. The molecule has 0 unspecified atom stereocenters. The fraction of sp³-hybridized carbons (Fsp3) is 0.120. The highest BCUT2D eigenvalue weighted by molar-refractivity contribution is 7.99. The van der Waals surface area contributed by atoms with Gasteiger partial charge in [0.15, 0.2) is 5.11 Å². The second kappa shape index (κ2) is 9.28. The summed E-state index contributed by atoms with van der Waals surface area (Å²) >= 11 is 7.32. The molecule has 0 amide bonds. The van der Waals surface area contributed by atoms with Gasteiger partial charge in [-0.3, -0.25) is 15.1 Å². The monoisotopic (exact) mass is 487 g/mol. The van der Waals surface area contributed by atoms with Crippen molar-refractivity contribution in [3.63, 3.8) is 0 Å². The summed E-state index contributed by atoms with van der Waals surface area (Å²) in [7, 11) is 0. The van der Waals surface area contributed by atoms with Crippen molar-refractivity contribution in [3.05, 3.63) is 112 Å². The average molecular weight is 488 g/mol. The second-order valence-electron chi connectivity index (χ2n) is 7.94. The van der Waals surface area contributed by atoms with Crippen molar-refractivity contribution < 1.29 is 4.92 Å². The molecule has 7 nitrogen and oxygen atoms in total. The summed E-state index contributed by atoms with van der Waals surface area (Å²) in [6.45, 7) is 2.04. The lowest BCUT2D eigenvalue weighted by Crippen LogP contribution is -2.29. The number of aryl methyl sites for hydroxylation is 1. The molecular weight excluding hydrogens is 466 g/mol. The van der Waals surface area contributed by atoms with Crippen LogP contribution in [-0.4, -0.2) is 20.0 Å². The molecule has 3 heterocycles. The summed E-state index contributed by atoms with van der Waals surface area (Å²) in [5.74, 6) is 0. The molecular formula is C25H21N5O2S2. The number of aromatic nitrogens is 2. The number of hydrogen-bond acceptors (Lipinski definition) is 5. The minimum Gasteiger partial charge on any atom is -0.361 e. The van der Waals surface area contributed by atoms with Crippen LogP contribution in [0.25, 0.3) is 0 Å². The van der Waals surface area contributed by atoms with Gasteiger partial charge in [-0.25, -0.2) is 0 Å². The van der Waals surface area contributed by atoms with Crippen LogP contribution < -0.4 is 10.2 Å². The molecule has 9 heteroatoms. The number of nitro groups is 1. The number of nitro benzene ring substituents is 1. The number of H-pyrrole nitrogens is 1. The average Bonchev–Trinajstić information content (AvgIpc) is 3.43. The maximum Gasteiger partial charge on any atom is 0.269 e. The largest absolute Gasteiger partial charge is 0.361 e. The van der Waals surface area contributed by atoms with Crippen LogP contribution in [0.5, 0.6) is 0 Å². The molecule has 1 saturated heterocycles. The van der Waals surface area contributed by atoms with E-state index in [2.05, 4.69) is 32.3 Å². The number of non-ortho nitro benzene ring substituents is 1. The van der Waals surface area contributed by atoms with E-state index in [1.165, 1.54) is 12.1 Å². The molecule has 0 bridgehead atoms. The zero-order chi connectivity index (χ0) is 23.7. The van der Waals surface area contributed by atoms with Crippen molar-refractivity contribution in [2.75, 3.05) is 4.90 Å². The molecule has 0 spiro atoms. The molecule has 1 aliphatic heterocycles. The van der Waals surface area contributed by atoms with Gasteiger partial charge in [0.1, 0.15) is 6.04 Å². The van der Waals surface area contributed by atoms with E-state index in [0.717, 1.165) is 32.6 Å².